The lowest BCUT2D eigenvalue weighted by Gasteiger charge is -2.13. The number of aromatic nitrogens is 4. The van der Waals surface area contributed by atoms with Gasteiger partial charge in [-0.15, -0.1) is 6.58 Å². The lowest BCUT2D eigenvalue weighted by atomic mass is 10.3. The summed E-state index contributed by atoms with van der Waals surface area (Å²) in [7, 11) is 0. The Kier molecular flexibility index (Phi) is 3.44. The minimum absolute atomic E-state index is 0.124. The monoisotopic (exact) mass is 244 g/mol. The zero-order valence-corrected chi connectivity index (χ0v) is 9.58. The first kappa shape index (κ1) is 11.9. The van der Waals surface area contributed by atoms with Crippen LogP contribution in [0.15, 0.2) is 41.8 Å². The molecule has 0 spiro atoms. The molecule has 0 radical (unpaired) electrons. The summed E-state index contributed by atoms with van der Waals surface area (Å²) in [4.78, 5) is 25.9. The van der Waals surface area contributed by atoms with E-state index in [-0.39, 0.29) is 5.95 Å². The summed E-state index contributed by atoms with van der Waals surface area (Å²) in [5.41, 5.74) is 0.0189. The highest BCUT2D eigenvalue weighted by Gasteiger charge is 2.09. The summed E-state index contributed by atoms with van der Waals surface area (Å²) in [5, 5.41) is 1.23. The standard InChI is InChI=1S/C11H12N6O/c1-2-7-17(12)10-14-9(15-11(18)16-10)8-5-3-4-6-13-8/h2-6H,1,7,12H2,(H,14,15,16,18). The number of nitrogens with zero attached hydrogens (tertiary/aromatic N) is 4. The Morgan fingerprint density at radius 2 is 2.28 bits per heavy atom. The van der Waals surface area contributed by atoms with E-state index in [1.807, 2.05) is 0 Å². The summed E-state index contributed by atoms with van der Waals surface area (Å²) in [6.45, 7) is 3.89. The normalized spacial score (nSPS) is 10.1. The van der Waals surface area contributed by atoms with E-state index >= 15 is 0 Å². The number of anilines is 1. The first-order valence-corrected chi connectivity index (χ1v) is 5.23. The first-order chi connectivity index (χ1) is 8.70. The van der Waals surface area contributed by atoms with Crippen LogP contribution in [0.4, 0.5) is 5.95 Å². The van der Waals surface area contributed by atoms with Gasteiger partial charge in [0.2, 0.25) is 5.95 Å². The number of hydrogen-bond donors (Lipinski definition) is 2. The van der Waals surface area contributed by atoms with Crippen molar-refractivity contribution in [1.29, 1.82) is 0 Å². The average molecular weight is 244 g/mol. The van der Waals surface area contributed by atoms with E-state index in [1.54, 1.807) is 30.5 Å². The van der Waals surface area contributed by atoms with Crippen molar-refractivity contribution in [3.8, 4) is 11.5 Å². The quantitative estimate of drug-likeness (QED) is 0.449. The van der Waals surface area contributed by atoms with Crippen molar-refractivity contribution in [3.05, 3.63) is 47.5 Å². The van der Waals surface area contributed by atoms with Crippen LogP contribution < -0.4 is 16.5 Å². The van der Waals surface area contributed by atoms with Crippen molar-refractivity contribution in [2.45, 2.75) is 0 Å². The third-order valence-corrected chi connectivity index (χ3v) is 2.13. The van der Waals surface area contributed by atoms with E-state index in [0.717, 1.165) is 0 Å². The highest BCUT2D eigenvalue weighted by molar-refractivity contribution is 5.49. The van der Waals surface area contributed by atoms with E-state index in [1.165, 1.54) is 5.01 Å². The second-order valence-electron chi connectivity index (χ2n) is 3.46. The van der Waals surface area contributed by atoms with Gasteiger partial charge in [0.05, 0.1) is 6.54 Å². The molecule has 2 rings (SSSR count). The van der Waals surface area contributed by atoms with Gasteiger partial charge in [-0.25, -0.2) is 10.6 Å². The largest absolute Gasteiger partial charge is 0.349 e. The molecule has 7 heteroatoms. The Labute approximate surface area is 103 Å². The van der Waals surface area contributed by atoms with Crippen LogP contribution in [0.5, 0.6) is 0 Å². The second-order valence-corrected chi connectivity index (χ2v) is 3.46. The molecule has 0 aliphatic rings. The van der Waals surface area contributed by atoms with Crippen LogP contribution in [0.3, 0.4) is 0 Å². The maximum absolute atomic E-state index is 11.5. The molecule has 0 aromatic carbocycles. The zero-order chi connectivity index (χ0) is 13.0. The molecule has 2 aromatic heterocycles. The number of pyridine rings is 1. The topological polar surface area (TPSA) is 101 Å². The molecule has 0 atom stereocenters. The smallest absolute Gasteiger partial charge is 0.288 e. The number of hydrogen-bond acceptors (Lipinski definition) is 6. The van der Waals surface area contributed by atoms with Gasteiger partial charge in [-0.2, -0.15) is 9.97 Å². The van der Waals surface area contributed by atoms with Crippen molar-refractivity contribution < 1.29 is 0 Å². The number of nitrogens with one attached hydrogen (secondary N) is 1. The predicted octanol–water partition coefficient (Wildman–Crippen LogP) is 0.0930. The first-order valence-electron chi connectivity index (χ1n) is 5.23. The van der Waals surface area contributed by atoms with Crippen LogP contribution in [-0.2, 0) is 0 Å². The Balaban J connectivity index is 2.44. The van der Waals surface area contributed by atoms with Crippen LogP contribution in [-0.4, -0.2) is 26.5 Å². The van der Waals surface area contributed by atoms with E-state index in [4.69, 9.17) is 5.84 Å². The molecule has 0 unspecified atom stereocenters. The van der Waals surface area contributed by atoms with Gasteiger partial charge in [0.25, 0.3) is 0 Å². The molecule has 3 N–H and O–H groups in total. The molecule has 2 heterocycles. The molecule has 0 saturated carbocycles. The fourth-order valence-corrected chi connectivity index (χ4v) is 1.35. The second kappa shape index (κ2) is 5.19. The number of rotatable bonds is 4. The van der Waals surface area contributed by atoms with Gasteiger partial charge >= 0.3 is 5.69 Å². The molecule has 0 aliphatic heterocycles. The summed E-state index contributed by atoms with van der Waals surface area (Å²) < 4.78 is 0. The molecule has 92 valence electrons. The van der Waals surface area contributed by atoms with Crippen molar-refractivity contribution in [3.63, 3.8) is 0 Å². The van der Waals surface area contributed by atoms with Gasteiger partial charge in [0.1, 0.15) is 5.69 Å². The van der Waals surface area contributed by atoms with Crippen molar-refractivity contribution in [2.75, 3.05) is 11.6 Å². The minimum Gasteiger partial charge on any atom is -0.288 e. The Hall–Kier alpha value is -2.54. The van der Waals surface area contributed by atoms with E-state index in [9.17, 15) is 4.79 Å². The van der Waals surface area contributed by atoms with Crippen molar-refractivity contribution >= 4 is 5.95 Å². The van der Waals surface area contributed by atoms with E-state index in [0.29, 0.717) is 18.1 Å². The van der Waals surface area contributed by atoms with Gasteiger partial charge in [-0.3, -0.25) is 15.0 Å². The molecular formula is C11H12N6O. The van der Waals surface area contributed by atoms with Gasteiger partial charge in [-0.1, -0.05) is 12.1 Å². The number of aromatic amines is 1. The highest BCUT2D eigenvalue weighted by Crippen LogP contribution is 2.10. The number of H-pyrrole nitrogens is 1. The molecule has 2 aromatic rings. The van der Waals surface area contributed by atoms with Gasteiger partial charge in [-0.05, 0) is 12.1 Å². The molecule has 7 nitrogen and oxygen atoms in total. The maximum atomic E-state index is 11.5. The summed E-state index contributed by atoms with van der Waals surface area (Å²) in [5.74, 6) is 6.13. The molecule has 0 bridgehead atoms. The van der Waals surface area contributed by atoms with Crippen LogP contribution in [0, 0.1) is 0 Å². The molecule has 18 heavy (non-hydrogen) atoms. The van der Waals surface area contributed by atoms with Gasteiger partial charge in [0, 0.05) is 6.20 Å². The Morgan fingerprint density at radius 1 is 1.44 bits per heavy atom. The Morgan fingerprint density at radius 3 is 2.94 bits per heavy atom. The van der Waals surface area contributed by atoms with Crippen LogP contribution in [0.1, 0.15) is 0 Å². The van der Waals surface area contributed by atoms with E-state index < -0.39 is 5.69 Å². The molecular weight excluding hydrogens is 232 g/mol. The fourth-order valence-electron chi connectivity index (χ4n) is 1.35. The van der Waals surface area contributed by atoms with E-state index in [2.05, 4.69) is 26.5 Å². The molecule has 0 amide bonds. The zero-order valence-electron chi connectivity index (χ0n) is 9.58. The SMILES string of the molecule is C=CCN(N)c1nc(-c2ccccn2)[nH]c(=O)n1. The maximum Gasteiger partial charge on any atom is 0.349 e. The average Bonchev–Trinajstić information content (AvgIpc) is 2.39. The third-order valence-electron chi connectivity index (χ3n) is 2.13. The lowest BCUT2D eigenvalue weighted by Crippen LogP contribution is -2.34. The summed E-state index contributed by atoms with van der Waals surface area (Å²) in [6.07, 6.45) is 3.20. The van der Waals surface area contributed by atoms with Crippen LogP contribution >= 0.6 is 0 Å². The van der Waals surface area contributed by atoms with Crippen molar-refractivity contribution in [2.24, 2.45) is 5.84 Å². The Bertz CT molecular complexity index is 594. The highest BCUT2D eigenvalue weighted by atomic mass is 16.1. The van der Waals surface area contributed by atoms with Crippen LogP contribution in [0.25, 0.3) is 11.5 Å². The summed E-state index contributed by atoms with van der Waals surface area (Å²) in [6, 6.07) is 5.31. The molecule has 0 saturated heterocycles. The summed E-state index contributed by atoms with van der Waals surface area (Å²) >= 11 is 0. The van der Waals surface area contributed by atoms with Gasteiger partial charge in [0.15, 0.2) is 5.82 Å². The van der Waals surface area contributed by atoms with Crippen molar-refractivity contribution in [1.82, 2.24) is 19.9 Å². The predicted molar refractivity (Wildman–Crippen MR) is 67.6 cm³/mol. The number of nitrogens with two attached hydrogens (primary N) is 1. The van der Waals surface area contributed by atoms with Gasteiger partial charge < -0.3 is 0 Å². The lowest BCUT2D eigenvalue weighted by molar-refractivity contribution is 0.845. The fraction of sp³-hybridized carbons (Fsp3) is 0.0909. The molecule has 0 fully saturated rings. The third kappa shape index (κ3) is 2.58. The number of hydrazine groups is 1. The molecule has 0 aliphatic carbocycles. The minimum atomic E-state index is -0.528. The van der Waals surface area contributed by atoms with Crippen LogP contribution in [0.2, 0.25) is 0 Å².